The van der Waals surface area contributed by atoms with Gasteiger partial charge in [-0.3, -0.25) is 0 Å². The molecule has 17 heavy (non-hydrogen) atoms. The molecule has 1 aromatic carbocycles. The third kappa shape index (κ3) is 1.93. The molecule has 0 saturated heterocycles. The van der Waals surface area contributed by atoms with Crippen LogP contribution in [-0.2, 0) is 11.2 Å². The monoisotopic (exact) mass is 230 g/mol. The largest absolute Gasteiger partial charge is 0.465 e. The average Bonchev–Trinajstić information content (AvgIpc) is 2.36. The summed E-state index contributed by atoms with van der Waals surface area (Å²) in [6.45, 7) is 0. The van der Waals surface area contributed by atoms with Gasteiger partial charge in [-0.05, 0) is 12.1 Å². The maximum Gasteiger partial charge on any atom is 0.337 e. The van der Waals surface area contributed by atoms with Crippen LogP contribution in [0.2, 0.25) is 0 Å². The number of allylic oxidation sites excluding steroid dienone is 1. The molecule has 0 spiro atoms. The fourth-order valence-electron chi connectivity index (χ4n) is 1.59. The highest BCUT2D eigenvalue weighted by Crippen LogP contribution is 2.29. The lowest BCUT2D eigenvalue weighted by molar-refractivity contribution is 0.0600. The van der Waals surface area contributed by atoms with Gasteiger partial charge in [0.15, 0.2) is 0 Å². The van der Waals surface area contributed by atoms with Crippen LogP contribution in [-0.4, -0.2) is 13.1 Å². The van der Waals surface area contributed by atoms with Crippen LogP contribution in [0.5, 0.6) is 5.75 Å². The molecule has 0 radical (unpaired) electrons. The quantitative estimate of drug-likeness (QED) is 0.730. The molecule has 5 heteroatoms. The van der Waals surface area contributed by atoms with E-state index in [1.807, 2.05) is 6.07 Å². The van der Waals surface area contributed by atoms with Crippen LogP contribution in [0.3, 0.4) is 0 Å². The van der Waals surface area contributed by atoms with Gasteiger partial charge in [-0.15, -0.1) is 0 Å². The predicted molar refractivity (Wildman–Crippen MR) is 58.9 cm³/mol. The Morgan fingerprint density at radius 3 is 3.00 bits per heavy atom. The van der Waals surface area contributed by atoms with Crippen LogP contribution in [0.25, 0.3) is 0 Å². The number of nitriles is 1. The van der Waals surface area contributed by atoms with Crippen LogP contribution in [0.1, 0.15) is 15.9 Å². The van der Waals surface area contributed by atoms with Gasteiger partial charge in [-0.2, -0.15) is 5.26 Å². The number of benzene rings is 1. The van der Waals surface area contributed by atoms with Gasteiger partial charge in [-0.1, -0.05) is 6.07 Å². The third-order valence-electron chi connectivity index (χ3n) is 2.51. The summed E-state index contributed by atoms with van der Waals surface area (Å²) in [5, 5.41) is 8.83. The number of rotatable bonds is 1. The van der Waals surface area contributed by atoms with Crippen molar-refractivity contribution in [3.05, 3.63) is 40.8 Å². The zero-order valence-electron chi connectivity index (χ0n) is 9.19. The van der Waals surface area contributed by atoms with Crippen molar-refractivity contribution in [1.29, 1.82) is 5.26 Å². The Labute approximate surface area is 98.0 Å². The van der Waals surface area contributed by atoms with E-state index in [1.165, 1.54) is 7.11 Å². The standard InChI is InChI=1S/C12H10N2O3/c1-16-12(15)8-3-2-7-4-9(6-13)11(14)17-10(7)5-8/h2-3,5H,4,14H2,1H3. The number of ether oxygens (including phenoxy) is 2. The predicted octanol–water partition coefficient (Wildman–Crippen LogP) is 1.10. The number of nitrogens with zero attached hydrogens (tertiary/aromatic N) is 1. The van der Waals surface area contributed by atoms with Crippen molar-refractivity contribution in [2.24, 2.45) is 5.73 Å². The minimum absolute atomic E-state index is 0.0852. The maximum atomic E-state index is 11.3. The van der Waals surface area contributed by atoms with E-state index >= 15 is 0 Å². The van der Waals surface area contributed by atoms with Crippen LogP contribution < -0.4 is 10.5 Å². The Balaban J connectivity index is 2.38. The number of esters is 1. The van der Waals surface area contributed by atoms with Crippen molar-refractivity contribution in [1.82, 2.24) is 0 Å². The van der Waals surface area contributed by atoms with E-state index in [1.54, 1.807) is 18.2 Å². The lowest BCUT2D eigenvalue weighted by Crippen LogP contribution is -2.16. The first-order chi connectivity index (χ1) is 8.15. The number of nitrogens with two attached hydrogens (primary N) is 1. The van der Waals surface area contributed by atoms with Crippen molar-refractivity contribution in [2.45, 2.75) is 6.42 Å². The third-order valence-corrected chi connectivity index (χ3v) is 2.51. The number of carbonyl (C=O) groups excluding carboxylic acids is 1. The fraction of sp³-hybridized carbons (Fsp3) is 0.167. The molecule has 1 heterocycles. The van der Waals surface area contributed by atoms with E-state index in [0.29, 0.717) is 23.3 Å². The second-order valence-electron chi connectivity index (χ2n) is 3.55. The van der Waals surface area contributed by atoms with Gasteiger partial charge < -0.3 is 15.2 Å². The molecule has 0 aromatic heterocycles. The van der Waals surface area contributed by atoms with Crippen LogP contribution in [0.4, 0.5) is 0 Å². The fourth-order valence-corrected chi connectivity index (χ4v) is 1.59. The topological polar surface area (TPSA) is 85.3 Å². The summed E-state index contributed by atoms with van der Waals surface area (Å²) in [7, 11) is 1.31. The molecule has 2 rings (SSSR count). The van der Waals surface area contributed by atoms with Gasteiger partial charge in [0.1, 0.15) is 11.8 Å². The Kier molecular flexibility index (Phi) is 2.71. The van der Waals surface area contributed by atoms with Crippen molar-refractivity contribution in [3.63, 3.8) is 0 Å². The molecule has 0 unspecified atom stereocenters. The Morgan fingerprint density at radius 1 is 1.59 bits per heavy atom. The Hall–Kier alpha value is -2.48. The highest BCUT2D eigenvalue weighted by Gasteiger charge is 2.19. The summed E-state index contributed by atoms with van der Waals surface area (Å²) in [6.07, 6.45) is 0.416. The van der Waals surface area contributed by atoms with Gasteiger partial charge >= 0.3 is 5.97 Å². The summed E-state index contributed by atoms with van der Waals surface area (Å²) in [5.74, 6) is 0.136. The molecule has 0 saturated carbocycles. The molecular formula is C12H10N2O3. The molecule has 2 N–H and O–H groups in total. The summed E-state index contributed by atoms with van der Waals surface area (Å²) in [5.41, 5.74) is 7.18. The van der Waals surface area contributed by atoms with E-state index < -0.39 is 5.97 Å². The van der Waals surface area contributed by atoms with Gasteiger partial charge in [-0.25, -0.2) is 4.79 Å². The van der Waals surface area contributed by atoms with E-state index in [0.717, 1.165) is 5.56 Å². The first-order valence-electron chi connectivity index (χ1n) is 4.93. The second kappa shape index (κ2) is 4.18. The van der Waals surface area contributed by atoms with Crippen LogP contribution >= 0.6 is 0 Å². The summed E-state index contributed by atoms with van der Waals surface area (Å²) in [6, 6.07) is 6.90. The molecule has 0 atom stereocenters. The van der Waals surface area contributed by atoms with E-state index in [4.69, 9.17) is 15.7 Å². The number of hydrogen-bond donors (Lipinski definition) is 1. The lowest BCUT2D eigenvalue weighted by atomic mass is 10.0. The minimum Gasteiger partial charge on any atom is -0.465 e. The lowest BCUT2D eigenvalue weighted by Gasteiger charge is -2.18. The highest BCUT2D eigenvalue weighted by molar-refractivity contribution is 5.90. The minimum atomic E-state index is -0.440. The van der Waals surface area contributed by atoms with E-state index in [2.05, 4.69) is 4.74 Å². The number of carbonyl (C=O) groups is 1. The second-order valence-corrected chi connectivity index (χ2v) is 3.55. The normalized spacial score (nSPS) is 13.4. The number of methoxy groups -OCH3 is 1. The first kappa shape index (κ1) is 11.0. The van der Waals surface area contributed by atoms with Gasteiger partial charge in [0.25, 0.3) is 0 Å². The molecule has 86 valence electrons. The van der Waals surface area contributed by atoms with Crippen LogP contribution in [0.15, 0.2) is 29.7 Å². The number of fused-ring (bicyclic) bond motifs is 1. The molecular weight excluding hydrogens is 220 g/mol. The smallest absolute Gasteiger partial charge is 0.337 e. The van der Waals surface area contributed by atoms with Crippen molar-refractivity contribution >= 4 is 5.97 Å². The van der Waals surface area contributed by atoms with Crippen molar-refractivity contribution in [3.8, 4) is 11.8 Å². The van der Waals surface area contributed by atoms with Gasteiger partial charge in [0, 0.05) is 12.0 Å². The molecule has 0 fully saturated rings. The highest BCUT2D eigenvalue weighted by atomic mass is 16.5. The van der Waals surface area contributed by atoms with E-state index in [-0.39, 0.29) is 5.88 Å². The van der Waals surface area contributed by atoms with Crippen molar-refractivity contribution in [2.75, 3.05) is 7.11 Å². The SMILES string of the molecule is COC(=O)c1ccc2c(c1)OC(N)=C(C#N)C2. The maximum absolute atomic E-state index is 11.3. The van der Waals surface area contributed by atoms with Gasteiger partial charge in [0.05, 0.1) is 18.2 Å². The first-order valence-corrected chi connectivity index (χ1v) is 4.93. The summed E-state index contributed by atoms with van der Waals surface area (Å²) >= 11 is 0. The van der Waals surface area contributed by atoms with Crippen molar-refractivity contribution < 1.29 is 14.3 Å². The van der Waals surface area contributed by atoms with E-state index in [9.17, 15) is 4.79 Å². The Morgan fingerprint density at radius 2 is 2.35 bits per heavy atom. The summed E-state index contributed by atoms with van der Waals surface area (Å²) in [4.78, 5) is 11.3. The molecule has 1 aromatic rings. The molecule has 1 aliphatic rings. The molecule has 5 nitrogen and oxygen atoms in total. The van der Waals surface area contributed by atoms with Crippen LogP contribution in [0, 0.1) is 11.3 Å². The summed E-state index contributed by atoms with van der Waals surface area (Å²) < 4.78 is 9.90. The molecule has 0 aliphatic carbocycles. The number of hydrogen-bond acceptors (Lipinski definition) is 5. The molecule has 0 bridgehead atoms. The molecule has 1 aliphatic heterocycles. The Bertz CT molecular complexity index is 555. The molecule has 0 amide bonds. The van der Waals surface area contributed by atoms with Gasteiger partial charge in [0.2, 0.25) is 5.88 Å². The zero-order chi connectivity index (χ0) is 12.4. The average molecular weight is 230 g/mol. The zero-order valence-corrected chi connectivity index (χ0v) is 9.19.